The average Bonchev–Trinajstić information content (AvgIpc) is 3.19. The van der Waals surface area contributed by atoms with Crippen molar-refractivity contribution in [2.45, 2.75) is 31.1 Å². The van der Waals surface area contributed by atoms with Gasteiger partial charge < -0.3 is 4.74 Å². The third-order valence-electron chi connectivity index (χ3n) is 5.67. The minimum atomic E-state index is -0.396. The van der Waals surface area contributed by atoms with Crippen LogP contribution in [0.15, 0.2) is 89.4 Å². The molecule has 4 nitrogen and oxygen atoms in total. The molecule has 0 N–H and O–H groups in total. The van der Waals surface area contributed by atoms with Gasteiger partial charge in [-0.1, -0.05) is 71.4 Å². The van der Waals surface area contributed by atoms with E-state index in [0.717, 1.165) is 28.6 Å². The Kier molecular flexibility index (Phi) is 8.42. The Labute approximate surface area is 217 Å². The van der Waals surface area contributed by atoms with Crippen molar-refractivity contribution >= 4 is 44.4 Å². The number of carbonyl (C=O) groups is 2. The van der Waals surface area contributed by atoms with Crippen LogP contribution in [-0.2, 0) is 0 Å². The molecule has 35 heavy (non-hydrogen) atoms. The first-order chi connectivity index (χ1) is 17.0. The number of rotatable bonds is 9. The molecule has 0 radical (unpaired) electrons. The predicted molar refractivity (Wildman–Crippen MR) is 143 cm³/mol. The van der Waals surface area contributed by atoms with Crippen LogP contribution in [0.4, 0.5) is 14.9 Å². The Balaban J connectivity index is 1.72. The molecule has 1 saturated heterocycles. The van der Waals surface area contributed by atoms with Crippen molar-refractivity contribution in [2.75, 3.05) is 11.5 Å². The molecule has 0 unspecified atom stereocenters. The standard InChI is InChI=1S/C28H25BrFNO3S/c1-2-3-17-34-25-18-20(29)11-14-23(25)27-26(16-15-24(32)19-9-12-21(30)13-10-19)35-28(33)31(27)22-7-5-4-6-8-22/h4-16,18,26-27H,2-3,17H2,1H3/b16-15+/t26-,27-/m1/s1. The summed E-state index contributed by atoms with van der Waals surface area (Å²) in [6, 6.07) is 20.4. The quantitative estimate of drug-likeness (QED) is 0.153. The van der Waals surface area contributed by atoms with Crippen molar-refractivity contribution in [1.29, 1.82) is 0 Å². The highest BCUT2D eigenvalue weighted by Crippen LogP contribution is 2.47. The number of nitrogens with zero attached hydrogens (tertiary/aromatic N) is 1. The molecular formula is C28H25BrFNO3S. The van der Waals surface area contributed by atoms with Gasteiger partial charge in [0.05, 0.1) is 17.9 Å². The van der Waals surface area contributed by atoms with Gasteiger partial charge in [0, 0.05) is 21.3 Å². The molecule has 1 amide bonds. The molecule has 4 rings (SSSR count). The zero-order valence-electron chi connectivity index (χ0n) is 19.2. The van der Waals surface area contributed by atoms with E-state index in [-0.39, 0.29) is 22.3 Å². The maximum atomic E-state index is 13.3. The number of anilines is 1. The topological polar surface area (TPSA) is 46.6 Å². The number of para-hydroxylation sites is 1. The number of thioether (sulfide) groups is 1. The van der Waals surface area contributed by atoms with Crippen LogP contribution in [0, 0.1) is 5.82 Å². The van der Waals surface area contributed by atoms with Crippen molar-refractivity contribution in [1.82, 2.24) is 0 Å². The molecule has 0 saturated carbocycles. The van der Waals surface area contributed by atoms with Crippen LogP contribution >= 0.6 is 27.7 Å². The van der Waals surface area contributed by atoms with Crippen LogP contribution in [0.3, 0.4) is 0 Å². The van der Waals surface area contributed by atoms with E-state index in [9.17, 15) is 14.0 Å². The third-order valence-corrected chi connectivity index (χ3v) is 7.25. The van der Waals surface area contributed by atoms with E-state index in [4.69, 9.17) is 4.74 Å². The van der Waals surface area contributed by atoms with E-state index in [2.05, 4.69) is 22.9 Å². The molecule has 1 aliphatic heterocycles. The van der Waals surface area contributed by atoms with Gasteiger partial charge in [-0.25, -0.2) is 4.39 Å². The molecule has 3 aromatic rings. The molecule has 0 aromatic heterocycles. The molecule has 180 valence electrons. The SMILES string of the molecule is CCCCOc1cc(Br)ccc1[C@@H]1[C@@H](/C=C/C(=O)c2ccc(F)cc2)SC(=O)N1c1ccccc1. The minimum Gasteiger partial charge on any atom is -0.493 e. The number of ketones is 1. The van der Waals surface area contributed by atoms with E-state index in [1.807, 2.05) is 48.5 Å². The third kappa shape index (κ3) is 6.03. The molecule has 1 aliphatic rings. The first-order valence-electron chi connectivity index (χ1n) is 11.4. The number of benzene rings is 3. The lowest BCUT2D eigenvalue weighted by molar-refractivity contribution is 0.104. The second-order valence-corrected chi connectivity index (χ2v) is 10.2. The fraction of sp³-hybridized carbons (Fsp3) is 0.214. The normalized spacial score (nSPS) is 17.8. The van der Waals surface area contributed by atoms with Gasteiger partial charge in [0.15, 0.2) is 5.78 Å². The van der Waals surface area contributed by atoms with Crippen LogP contribution < -0.4 is 9.64 Å². The number of amides is 1. The summed E-state index contributed by atoms with van der Waals surface area (Å²) in [5, 5.41) is -0.436. The van der Waals surface area contributed by atoms with E-state index >= 15 is 0 Å². The van der Waals surface area contributed by atoms with Gasteiger partial charge in [-0.15, -0.1) is 0 Å². The minimum absolute atomic E-state index is 0.104. The summed E-state index contributed by atoms with van der Waals surface area (Å²) < 4.78 is 20.3. The molecule has 0 bridgehead atoms. The predicted octanol–water partition coefficient (Wildman–Crippen LogP) is 7.99. The summed E-state index contributed by atoms with van der Waals surface area (Å²) in [7, 11) is 0. The lowest BCUT2D eigenvalue weighted by Gasteiger charge is -2.28. The average molecular weight is 554 g/mol. The zero-order valence-corrected chi connectivity index (χ0v) is 21.6. The monoisotopic (exact) mass is 553 g/mol. The van der Waals surface area contributed by atoms with Crippen LogP contribution in [0.5, 0.6) is 5.75 Å². The fourth-order valence-electron chi connectivity index (χ4n) is 3.91. The summed E-state index contributed by atoms with van der Waals surface area (Å²) in [6.07, 6.45) is 5.16. The van der Waals surface area contributed by atoms with Crippen LogP contribution in [-0.4, -0.2) is 22.9 Å². The highest BCUT2D eigenvalue weighted by Gasteiger charge is 2.42. The summed E-state index contributed by atoms with van der Waals surface area (Å²) in [5.74, 6) is 0.0642. The smallest absolute Gasteiger partial charge is 0.287 e. The van der Waals surface area contributed by atoms with Crippen LogP contribution in [0.2, 0.25) is 0 Å². The summed E-state index contributed by atoms with van der Waals surface area (Å²) >= 11 is 4.70. The maximum Gasteiger partial charge on any atom is 0.287 e. The molecule has 7 heteroatoms. The van der Waals surface area contributed by atoms with E-state index in [1.54, 1.807) is 11.0 Å². The first-order valence-corrected chi connectivity index (χ1v) is 13.1. The van der Waals surface area contributed by atoms with Crippen molar-refractivity contribution < 1.29 is 18.7 Å². The molecule has 2 atom stereocenters. The molecule has 3 aromatic carbocycles. The van der Waals surface area contributed by atoms with Gasteiger partial charge in [-0.2, -0.15) is 0 Å². The summed E-state index contributed by atoms with van der Waals surface area (Å²) in [5.41, 5.74) is 2.04. The number of ether oxygens (including phenoxy) is 1. The Bertz CT molecular complexity index is 1220. The number of carbonyl (C=O) groups excluding carboxylic acids is 2. The van der Waals surface area contributed by atoms with Gasteiger partial charge >= 0.3 is 0 Å². The van der Waals surface area contributed by atoms with Gasteiger partial charge in [0.25, 0.3) is 5.24 Å². The molecule has 0 aliphatic carbocycles. The van der Waals surface area contributed by atoms with E-state index in [0.29, 0.717) is 17.9 Å². The van der Waals surface area contributed by atoms with Gasteiger partial charge in [0.1, 0.15) is 11.6 Å². The molecular weight excluding hydrogens is 529 g/mol. The second-order valence-electron chi connectivity index (χ2n) is 8.11. The van der Waals surface area contributed by atoms with Crippen LogP contribution in [0.1, 0.15) is 41.7 Å². The Morgan fingerprint density at radius 2 is 1.86 bits per heavy atom. The number of hydrogen-bond donors (Lipinski definition) is 0. The molecule has 0 spiro atoms. The number of halogens is 2. The van der Waals surface area contributed by atoms with Crippen molar-refractivity contribution in [3.05, 3.63) is 106 Å². The highest BCUT2D eigenvalue weighted by molar-refractivity contribution is 9.10. The zero-order chi connectivity index (χ0) is 24.8. The van der Waals surface area contributed by atoms with E-state index < -0.39 is 5.82 Å². The number of unbranched alkanes of at least 4 members (excludes halogenated alkanes) is 1. The summed E-state index contributed by atoms with van der Waals surface area (Å²) in [6.45, 7) is 2.68. The lowest BCUT2D eigenvalue weighted by atomic mass is 9.99. The van der Waals surface area contributed by atoms with Crippen LogP contribution in [0.25, 0.3) is 0 Å². The fourth-order valence-corrected chi connectivity index (χ4v) is 5.37. The van der Waals surface area contributed by atoms with Gasteiger partial charge in [0.2, 0.25) is 0 Å². The number of allylic oxidation sites excluding steroid dienone is 1. The first kappa shape index (κ1) is 25.2. The van der Waals surface area contributed by atoms with Crippen molar-refractivity contribution in [3.63, 3.8) is 0 Å². The maximum absolute atomic E-state index is 13.3. The Morgan fingerprint density at radius 1 is 1.11 bits per heavy atom. The molecule has 1 heterocycles. The van der Waals surface area contributed by atoms with Gasteiger partial charge in [-0.05, 0) is 61.0 Å². The highest BCUT2D eigenvalue weighted by atomic mass is 79.9. The van der Waals surface area contributed by atoms with Crippen molar-refractivity contribution in [2.24, 2.45) is 0 Å². The van der Waals surface area contributed by atoms with E-state index in [1.165, 1.54) is 42.1 Å². The molecule has 1 fully saturated rings. The largest absolute Gasteiger partial charge is 0.493 e. The van der Waals surface area contributed by atoms with Crippen molar-refractivity contribution in [3.8, 4) is 5.75 Å². The Morgan fingerprint density at radius 3 is 2.57 bits per heavy atom. The second kappa shape index (κ2) is 11.7. The lowest BCUT2D eigenvalue weighted by Crippen LogP contribution is -2.29. The Hall–Kier alpha value is -2.90. The van der Waals surface area contributed by atoms with Gasteiger partial charge in [-0.3, -0.25) is 14.5 Å². The number of hydrogen-bond acceptors (Lipinski definition) is 4. The summed E-state index contributed by atoms with van der Waals surface area (Å²) in [4.78, 5) is 27.7.